The maximum absolute atomic E-state index is 11.1. The zero-order valence-electron chi connectivity index (χ0n) is 10.7. The molecule has 2 rings (SSSR count). The number of piperidine rings is 1. The summed E-state index contributed by atoms with van der Waals surface area (Å²) < 4.78 is 0. The van der Waals surface area contributed by atoms with Crippen molar-refractivity contribution >= 4 is 5.97 Å². The first-order valence-electron chi connectivity index (χ1n) is 6.90. The van der Waals surface area contributed by atoms with Gasteiger partial charge in [-0.2, -0.15) is 0 Å². The van der Waals surface area contributed by atoms with Crippen LogP contribution < -0.4 is 5.32 Å². The predicted molar refractivity (Wildman–Crippen MR) is 67.0 cm³/mol. The number of carbonyl (C=O) groups is 1. The van der Waals surface area contributed by atoms with Crippen LogP contribution in [-0.4, -0.2) is 47.7 Å². The third kappa shape index (κ3) is 3.42. The predicted octanol–water partition coefficient (Wildman–Crippen LogP) is 1.31. The molecule has 2 fully saturated rings. The molecule has 0 aromatic rings. The molecule has 1 saturated heterocycles. The summed E-state index contributed by atoms with van der Waals surface area (Å²) >= 11 is 0. The molecule has 0 spiro atoms. The van der Waals surface area contributed by atoms with Gasteiger partial charge < -0.3 is 15.3 Å². The molecule has 17 heavy (non-hydrogen) atoms. The van der Waals surface area contributed by atoms with Crippen molar-refractivity contribution in [2.24, 2.45) is 5.92 Å². The first-order chi connectivity index (χ1) is 8.19. The molecule has 0 bridgehead atoms. The molecule has 1 aliphatic heterocycles. The van der Waals surface area contributed by atoms with E-state index in [9.17, 15) is 9.90 Å². The molecule has 1 heterocycles. The summed E-state index contributed by atoms with van der Waals surface area (Å²) in [5.74, 6) is -0.830. The normalized spacial score (nSPS) is 31.8. The highest BCUT2D eigenvalue weighted by atomic mass is 16.4. The molecule has 4 nitrogen and oxygen atoms in total. The summed E-state index contributed by atoms with van der Waals surface area (Å²) in [5.41, 5.74) is 0. The Labute approximate surface area is 103 Å². The molecule has 0 amide bonds. The van der Waals surface area contributed by atoms with Gasteiger partial charge in [-0.25, -0.2) is 0 Å². The molecule has 98 valence electrons. The Bertz CT molecular complexity index is 264. The van der Waals surface area contributed by atoms with Gasteiger partial charge in [0.05, 0.1) is 5.92 Å². The lowest BCUT2D eigenvalue weighted by Gasteiger charge is -2.37. The van der Waals surface area contributed by atoms with Crippen molar-refractivity contribution < 1.29 is 9.90 Å². The van der Waals surface area contributed by atoms with E-state index >= 15 is 0 Å². The second-order valence-corrected chi connectivity index (χ2v) is 5.47. The highest BCUT2D eigenvalue weighted by molar-refractivity contribution is 5.70. The molecule has 2 aliphatic rings. The molecule has 4 heteroatoms. The molecule has 1 aliphatic carbocycles. The average molecular weight is 240 g/mol. The first kappa shape index (κ1) is 12.8. The summed E-state index contributed by atoms with van der Waals surface area (Å²) in [6.45, 7) is 4.79. The number of hydrogen-bond donors (Lipinski definition) is 2. The van der Waals surface area contributed by atoms with Gasteiger partial charge in [0.2, 0.25) is 0 Å². The second kappa shape index (κ2) is 5.83. The minimum absolute atomic E-state index is 0.192. The molecule has 0 aromatic heterocycles. The van der Waals surface area contributed by atoms with Crippen molar-refractivity contribution in [3.8, 4) is 0 Å². The number of aliphatic carboxylic acids is 1. The van der Waals surface area contributed by atoms with E-state index in [0.29, 0.717) is 18.6 Å². The lowest BCUT2D eigenvalue weighted by molar-refractivity contribution is -0.144. The van der Waals surface area contributed by atoms with Crippen molar-refractivity contribution in [1.29, 1.82) is 0 Å². The van der Waals surface area contributed by atoms with Crippen LogP contribution in [-0.2, 0) is 4.79 Å². The van der Waals surface area contributed by atoms with Crippen LogP contribution in [0.4, 0.5) is 0 Å². The van der Waals surface area contributed by atoms with E-state index in [4.69, 9.17) is 0 Å². The van der Waals surface area contributed by atoms with Gasteiger partial charge >= 0.3 is 5.97 Å². The minimum Gasteiger partial charge on any atom is -0.481 e. The quantitative estimate of drug-likeness (QED) is 0.778. The number of carboxylic acid groups (broad SMARTS) is 1. The number of likely N-dealkylation sites (N-methyl/N-ethyl adjacent to an activating group) is 1. The molecule has 2 atom stereocenters. The van der Waals surface area contributed by atoms with Gasteiger partial charge in [-0.05, 0) is 25.8 Å². The van der Waals surface area contributed by atoms with Crippen molar-refractivity contribution in [3.63, 3.8) is 0 Å². The fraction of sp³-hybridized carbons (Fsp3) is 0.923. The lowest BCUT2D eigenvalue weighted by Crippen LogP contribution is -2.52. The summed E-state index contributed by atoms with van der Waals surface area (Å²) in [4.78, 5) is 13.4. The highest BCUT2D eigenvalue weighted by Crippen LogP contribution is 2.22. The van der Waals surface area contributed by atoms with Gasteiger partial charge in [0, 0.05) is 25.2 Å². The van der Waals surface area contributed by atoms with Gasteiger partial charge in [0.25, 0.3) is 0 Å². The number of hydrogen-bond acceptors (Lipinski definition) is 3. The van der Waals surface area contributed by atoms with Crippen molar-refractivity contribution in [1.82, 2.24) is 10.2 Å². The van der Waals surface area contributed by atoms with E-state index in [1.54, 1.807) is 0 Å². The Morgan fingerprint density at radius 3 is 2.59 bits per heavy atom. The monoisotopic (exact) mass is 240 g/mol. The largest absolute Gasteiger partial charge is 0.481 e. The maximum Gasteiger partial charge on any atom is 0.307 e. The Kier molecular flexibility index (Phi) is 4.40. The van der Waals surface area contributed by atoms with E-state index in [0.717, 1.165) is 19.5 Å². The molecular weight excluding hydrogens is 216 g/mol. The second-order valence-electron chi connectivity index (χ2n) is 5.47. The fourth-order valence-corrected chi connectivity index (χ4v) is 3.17. The standard InChI is InChI=1S/C13H24N2O2/c1-2-15-8-10(13(16)17)7-12(9-15)14-11-5-3-4-6-11/h10-12,14H,2-9H2,1H3,(H,16,17). The zero-order valence-corrected chi connectivity index (χ0v) is 10.7. The van der Waals surface area contributed by atoms with E-state index in [2.05, 4.69) is 17.1 Å². The number of rotatable bonds is 4. The van der Waals surface area contributed by atoms with Crippen LogP contribution in [0.1, 0.15) is 39.0 Å². The summed E-state index contributed by atoms with van der Waals surface area (Å²) in [6, 6.07) is 0.999. The van der Waals surface area contributed by atoms with Crippen LogP contribution in [0.5, 0.6) is 0 Å². The summed E-state index contributed by atoms with van der Waals surface area (Å²) in [5, 5.41) is 12.8. The lowest BCUT2D eigenvalue weighted by atomic mass is 9.93. The summed E-state index contributed by atoms with van der Waals surface area (Å²) in [7, 11) is 0. The topological polar surface area (TPSA) is 52.6 Å². The van der Waals surface area contributed by atoms with Crippen LogP contribution in [0.25, 0.3) is 0 Å². The van der Waals surface area contributed by atoms with E-state index < -0.39 is 5.97 Å². The van der Waals surface area contributed by atoms with Gasteiger partial charge in [0.15, 0.2) is 0 Å². The van der Waals surface area contributed by atoms with Crippen molar-refractivity contribution in [3.05, 3.63) is 0 Å². The van der Waals surface area contributed by atoms with Gasteiger partial charge in [0.1, 0.15) is 0 Å². The smallest absolute Gasteiger partial charge is 0.307 e. The fourth-order valence-electron chi connectivity index (χ4n) is 3.17. The van der Waals surface area contributed by atoms with Crippen molar-refractivity contribution in [2.75, 3.05) is 19.6 Å². The SMILES string of the molecule is CCN1CC(NC2CCCC2)CC(C(=O)O)C1. The van der Waals surface area contributed by atoms with Crippen molar-refractivity contribution in [2.45, 2.75) is 51.1 Å². The molecular formula is C13H24N2O2. The molecule has 0 aromatic carbocycles. The van der Waals surface area contributed by atoms with Crippen LogP contribution in [0.15, 0.2) is 0 Å². The Hall–Kier alpha value is -0.610. The Morgan fingerprint density at radius 2 is 2.00 bits per heavy atom. The van der Waals surface area contributed by atoms with Crippen LogP contribution >= 0.6 is 0 Å². The number of nitrogens with one attached hydrogen (secondary N) is 1. The number of nitrogens with zero attached hydrogens (tertiary/aromatic N) is 1. The van der Waals surface area contributed by atoms with E-state index in [1.807, 2.05) is 0 Å². The van der Waals surface area contributed by atoms with Crippen LogP contribution in [0.3, 0.4) is 0 Å². The molecule has 2 unspecified atom stereocenters. The highest BCUT2D eigenvalue weighted by Gasteiger charge is 2.32. The third-order valence-corrected chi connectivity index (χ3v) is 4.15. The minimum atomic E-state index is -0.638. The zero-order chi connectivity index (χ0) is 12.3. The average Bonchev–Trinajstić information content (AvgIpc) is 2.81. The van der Waals surface area contributed by atoms with E-state index in [1.165, 1.54) is 25.7 Å². The van der Waals surface area contributed by atoms with Gasteiger partial charge in [-0.15, -0.1) is 0 Å². The number of carboxylic acids is 1. The van der Waals surface area contributed by atoms with Gasteiger partial charge in [-0.1, -0.05) is 19.8 Å². The molecule has 1 saturated carbocycles. The number of likely N-dealkylation sites (tertiary alicyclic amines) is 1. The van der Waals surface area contributed by atoms with E-state index in [-0.39, 0.29) is 5.92 Å². The van der Waals surface area contributed by atoms with Crippen LogP contribution in [0, 0.1) is 5.92 Å². The van der Waals surface area contributed by atoms with Crippen LogP contribution in [0.2, 0.25) is 0 Å². The van der Waals surface area contributed by atoms with Gasteiger partial charge in [-0.3, -0.25) is 4.79 Å². The first-order valence-corrected chi connectivity index (χ1v) is 6.90. The Balaban J connectivity index is 1.88. The molecule has 0 radical (unpaired) electrons. The Morgan fingerprint density at radius 1 is 1.29 bits per heavy atom. The summed E-state index contributed by atoms with van der Waals surface area (Å²) in [6.07, 6.45) is 5.97. The third-order valence-electron chi connectivity index (χ3n) is 4.15. The molecule has 2 N–H and O–H groups in total. The maximum atomic E-state index is 11.1.